The number of carboxylic acids is 1. The van der Waals surface area contributed by atoms with Gasteiger partial charge in [0.15, 0.2) is 5.82 Å². The minimum absolute atomic E-state index is 0.00827. The van der Waals surface area contributed by atoms with Gasteiger partial charge in [0, 0.05) is 20.0 Å². The van der Waals surface area contributed by atoms with E-state index in [2.05, 4.69) is 15.5 Å². The summed E-state index contributed by atoms with van der Waals surface area (Å²) in [5, 5.41) is 28.8. The van der Waals surface area contributed by atoms with Crippen LogP contribution in [0, 0.1) is 0 Å². The van der Waals surface area contributed by atoms with Gasteiger partial charge in [0.25, 0.3) is 0 Å². The molecule has 0 saturated carbocycles. The molecule has 2 amide bonds. The molecule has 0 aromatic carbocycles. The molecule has 110 valence electrons. The molecule has 3 unspecified atom stereocenters. The van der Waals surface area contributed by atoms with E-state index in [0.29, 0.717) is 5.82 Å². The molecule has 1 aliphatic rings. The molecule has 2 rings (SSSR count). The number of rotatable bonds is 3. The Kier molecular flexibility index (Phi) is 3.89. The van der Waals surface area contributed by atoms with Crippen molar-refractivity contribution < 1.29 is 19.8 Å². The molecule has 0 spiro atoms. The van der Waals surface area contributed by atoms with E-state index >= 15 is 0 Å². The highest BCUT2D eigenvalue weighted by atomic mass is 16.4. The standard InChI is InChI=1S/C11H17N5O4/c1-6(9-14-12-5-15(9)2)13-11(20)16-4-7(17)3-8(16)10(18)19/h5-8,17H,3-4H2,1-2H3,(H,13,20)(H,18,19). The van der Waals surface area contributed by atoms with Crippen molar-refractivity contribution in [1.82, 2.24) is 25.0 Å². The summed E-state index contributed by atoms with van der Waals surface area (Å²) in [4.78, 5) is 24.3. The van der Waals surface area contributed by atoms with Gasteiger partial charge in [0.05, 0.1) is 12.1 Å². The topological polar surface area (TPSA) is 121 Å². The van der Waals surface area contributed by atoms with E-state index in [1.54, 1.807) is 18.5 Å². The Morgan fingerprint density at radius 3 is 2.80 bits per heavy atom. The van der Waals surface area contributed by atoms with Crippen molar-refractivity contribution in [3.8, 4) is 0 Å². The predicted octanol–water partition coefficient (Wildman–Crippen LogP) is -0.894. The van der Waals surface area contributed by atoms with Crippen LogP contribution < -0.4 is 5.32 Å². The molecular formula is C11H17N5O4. The van der Waals surface area contributed by atoms with Crippen molar-refractivity contribution >= 4 is 12.0 Å². The number of aliphatic hydroxyl groups is 1. The van der Waals surface area contributed by atoms with Crippen LogP contribution in [0.4, 0.5) is 4.79 Å². The van der Waals surface area contributed by atoms with Gasteiger partial charge >= 0.3 is 12.0 Å². The molecule has 3 atom stereocenters. The number of aliphatic carboxylic acids is 1. The summed E-state index contributed by atoms with van der Waals surface area (Å²) in [6.45, 7) is 1.73. The van der Waals surface area contributed by atoms with E-state index in [1.807, 2.05) is 0 Å². The second-order valence-electron chi connectivity index (χ2n) is 4.87. The Morgan fingerprint density at radius 1 is 1.55 bits per heavy atom. The maximum absolute atomic E-state index is 12.1. The highest BCUT2D eigenvalue weighted by molar-refractivity contribution is 5.83. The maximum atomic E-state index is 12.1. The third kappa shape index (κ3) is 2.72. The van der Waals surface area contributed by atoms with Crippen molar-refractivity contribution in [1.29, 1.82) is 0 Å². The normalized spacial score (nSPS) is 23.6. The van der Waals surface area contributed by atoms with Crippen molar-refractivity contribution in [2.45, 2.75) is 31.5 Å². The van der Waals surface area contributed by atoms with Gasteiger partial charge in [0.2, 0.25) is 0 Å². The Labute approximate surface area is 115 Å². The lowest BCUT2D eigenvalue weighted by molar-refractivity contribution is -0.141. The number of carboxylic acid groups (broad SMARTS) is 1. The third-order valence-electron chi connectivity index (χ3n) is 3.30. The summed E-state index contributed by atoms with van der Waals surface area (Å²) in [6.07, 6.45) is 0.741. The number of carbonyl (C=O) groups excluding carboxylic acids is 1. The van der Waals surface area contributed by atoms with Crippen LogP contribution >= 0.6 is 0 Å². The number of amides is 2. The van der Waals surface area contributed by atoms with Gasteiger partial charge in [-0.3, -0.25) is 0 Å². The van der Waals surface area contributed by atoms with Gasteiger partial charge in [-0.2, -0.15) is 0 Å². The van der Waals surface area contributed by atoms with Crippen molar-refractivity contribution in [3.63, 3.8) is 0 Å². The number of aryl methyl sites for hydroxylation is 1. The molecule has 1 aromatic rings. The van der Waals surface area contributed by atoms with Gasteiger partial charge in [-0.1, -0.05) is 0 Å². The molecule has 9 nitrogen and oxygen atoms in total. The third-order valence-corrected chi connectivity index (χ3v) is 3.30. The highest BCUT2D eigenvalue weighted by Gasteiger charge is 2.39. The van der Waals surface area contributed by atoms with Gasteiger partial charge < -0.3 is 25.0 Å². The van der Waals surface area contributed by atoms with Gasteiger partial charge in [-0.05, 0) is 6.92 Å². The minimum atomic E-state index is -1.12. The van der Waals surface area contributed by atoms with E-state index in [1.165, 1.54) is 6.33 Å². The molecule has 1 aromatic heterocycles. The zero-order valence-electron chi connectivity index (χ0n) is 11.2. The molecule has 1 saturated heterocycles. The largest absolute Gasteiger partial charge is 0.480 e. The maximum Gasteiger partial charge on any atom is 0.326 e. The number of hydrogen-bond donors (Lipinski definition) is 3. The van der Waals surface area contributed by atoms with E-state index in [-0.39, 0.29) is 13.0 Å². The number of aromatic nitrogens is 3. The first-order valence-corrected chi connectivity index (χ1v) is 6.22. The summed E-state index contributed by atoms with van der Waals surface area (Å²) in [7, 11) is 1.75. The van der Waals surface area contributed by atoms with Gasteiger partial charge in [-0.15, -0.1) is 10.2 Å². The number of carbonyl (C=O) groups is 2. The molecule has 0 bridgehead atoms. The number of β-amino-alcohol motifs (C(OH)–C–C–N with tert-alkyl or cyclic N) is 1. The number of nitrogens with zero attached hydrogens (tertiary/aromatic N) is 4. The Hall–Kier alpha value is -2.16. The quantitative estimate of drug-likeness (QED) is 0.661. The molecule has 1 fully saturated rings. The first-order valence-electron chi connectivity index (χ1n) is 6.22. The van der Waals surface area contributed by atoms with E-state index in [4.69, 9.17) is 5.11 Å². The van der Waals surface area contributed by atoms with E-state index in [0.717, 1.165) is 4.90 Å². The number of hydrogen-bond acceptors (Lipinski definition) is 5. The summed E-state index contributed by atoms with van der Waals surface area (Å²) >= 11 is 0. The molecule has 20 heavy (non-hydrogen) atoms. The van der Waals surface area contributed by atoms with Crippen molar-refractivity contribution in [2.24, 2.45) is 7.05 Å². The van der Waals surface area contributed by atoms with Crippen molar-refractivity contribution in [2.75, 3.05) is 6.54 Å². The predicted molar refractivity (Wildman–Crippen MR) is 66.7 cm³/mol. The molecule has 3 N–H and O–H groups in total. The summed E-state index contributed by atoms with van der Waals surface area (Å²) in [6, 6.07) is -1.96. The molecule has 2 heterocycles. The Balaban J connectivity index is 2.04. The highest BCUT2D eigenvalue weighted by Crippen LogP contribution is 2.19. The Morgan fingerprint density at radius 2 is 2.25 bits per heavy atom. The lowest BCUT2D eigenvalue weighted by Gasteiger charge is -2.23. The fraction of sp³-hybridized carbons (Fsp3) is 0.636. The molecule has 0 aliphatic carbocycles. The SMILES string of the molecule is CC(NC(=O)N1CC(O)CC1C(=O)O)c1nncn1C. The second-order valence-corrected chi connectivity index (χ2v) is 4.87. The van der Waals surface area contributed by atoms with Crippen molar-refractivity contribution in [3.05, 3.63) is 12.2 Å². The van der Waals surface area contributed by atoms with Crippen LogP contribution in [-0.2, 0) is 11.8 Å². The van der Waals surface area contributed by atoms with Crippen LogP contribution in [-0.4, -0.2) is 60.6 Å². The average Bonchev–Trinajstić information content (AvgIpc) is 2.95. The van der Waals surface area contributed by atoms with Crippen LogP contribution in [0.15, 0.2) is 6.33 Å². The number of aliphatic hydroxyl groups excluding tert-OH is 1. The monoisotopic (exact) mass is 283 g/mol. The zero-order valence-corrected chi connectivity index (χ0v) is 11.2. The number of urea groups is 1. The van der Waals surface area contributed by atoms with Crippen LogP contribution in [0.2, 0.25) is 0 Å². The van der Waals surface area contributed by atoms with E-state index < -0.39 is 30.2 Å². The number of likely N-dealkylation sites (tertiary alicyclic amines) is 1. The lowest BCUT2D eigenvalue weighted by Crippen LogP contribution is -2.47. The molecule has 1 aliphatic heterocycles. The van der Waals surface area contributed by atoms with Gasteiger partial charge in [-0.25, -0.2) is 9.59 Å². The minimum Gasteiger partial charge on any atom is -0.480 e. The van der Waals surface area contributed by atoms with Crippen LogP contribution in [0.3, 0.4) is 0 Å². The zero-order chi connectivity index (χ0) is 14.9. The lowest BCUT2D eigenvalue weighted by atomic mass is 10.2. The second kappa shape index (κ2) is 5.45. The fourth-order valence-electron chi connectivity index (χ4n) is 2.29. The Bertz CT molecular complexity index is 517. The molecule has 0 radical (unpaired) electrons. The fourth-order valence-corrected chi connectivity index (χ4v) is 2.29. The van der Waals surface area contributed by atoms with Gasteiger partial charge in [0.1, 0.15) is 12.4 Å². The first-order chi connectivity index (χ1) is 9.40. The molecule has 9 heteroatoms. The molecular weight excluding hydrogens is 266 g/mol. The first kappa shape index (κ1) is 14.3. The van der Waals surface area contributed by atoms with Crippen LogP contribution in [0.5, 0.6) is 0 Å². The van der Waals surface area contributed by atoms with E-state index in [9.17, 15) is 14.7 Å². The summed E-state index contributed by atoms with van der Waals surface area (Å²) < 4.78 is 1.67. The summed E-state index contributed by atoms with van der Waals surface area (Å²) in [5.41, 5.74) is 0. The smallest absolute Gasteiger partial charge is 0.326 e. The summed E-state index contributed by atoms with van der Waals surface area (Å²) in [5.74, 6) is -0.562. The van der Waals surface area contributed by atoms with Crippen LogP contribution in [0.1, 0.15) is 25.2 Å². The average molecular weight is 283 g/mol. The number of nitrogens with one attached hydrogen (secondary N) is 1. The van der Waals surface area contributed by atoms with Crippen LogP contribution in [0.25, 0.3) is 0 Å².